The maximum absolute atomic E-state index is 9.98. The molecule has 6 heteroatoms. The van der Waals surface area contributed by atoms with Crippen LogP contribution in [0.3, 0.4) is 0 Å². The molecule has 0 fully saturated rings. The van der Waals surface area contributed by atoms with E-state index in [1.54, 1.807) is 0 Å². The molecule has 0 N–H and O–H groups in total. The van der Waals surface area contributed by atoms with Crippen molar-refractivity contribution in [2.45, 2.75) is 0 Å². The van der Waals surface area contributed by atoms with Gasteiger partial charge in [-0.25, -0.2) is 0 Å². The maximum Gasteiger partial charge on any atom is 0.323 e. The first-order chi connectivity index (χ1) is 4.22. The van der Waals surface area contributed by atoms with Crippen LogP contribution in [-0.4, -0.2) is 9.54 Å². The van der Waals surface area contributed by atoms with Gasteiger partial charge in [0.05, 0.1) is 4.92 Å². The molecular weight excluding hydrogens is 190 g/mol. The Balaban J connectivity index is 2.84. The Labute approximate surface area is 58.7 Å². The van der Waals surface area contributed by atoms with Gasteiger partial charge < -0.3 is 0 Å². The van der Waals surface area contributed by atoms with E-state index in [0.717, 1.165) is 6.20 Å². The number of hydrogen-bond acceptors (Lipinski definition) is 3. The van der Waals surface area contributed by atoms with Gasteiger partial charge in [0.2, 0.25) is 4.62 Å². The lowest BCUT2D eigenvalue weighted by molar-refractivity contribution is -0.414. The minimum absolute atomic E-state index is 0.102. The number of nitro groups is 1. The molecule has 0 unspecified atom stereocenters. The SMILES string of the molecule is O=[N+]([O-])C1=C[N]N=C1Br. The highest BCUT2D eigenvalue weighted by Crippen LogP contribution is 2.09. The van der Waals surface area contributed by atoms with E-state index in [2.05, 4.69) is 26.5 Å². The number of halogens is 1. The van der Waals surface area contributed by atoms with E-state index in [1.165, 1.54) is 0 Å². The Kier molecular flexibility index (Phi) is 1.48. The van der Waals surface area contributed by atoms with Crippen molar-refractivity contribution in [1.29, 1.82) is 0 Å². The van der Waals surface area contributed by atoms with Crippen LogP contribution < -0.4 is 5.43 Å². The van der Waals surface area contributed by atoms with Crippen LogP contribution in [0, 0.1) is 10.1 Å². The van der Waals surface area contributed by atoms with Gasteiger partial charge in [-0.15, -0.1) is 5.10 Å². The highest BCUT2D eigenvalue weighted by molar-refractivity contribution is 9.18. The summed E-state index contributed by atoms with van der Waals surface area (Å²) in [5, 5.41) is 13.3. The molecule has 0 amide bonds. The maximum atomic E-state index is 9.98. The molecule has 0 spiro atoms. The van der Waals surface area contributed by atoms with Gasteiger partial charge in [-0.3, -0.25) is 10.1 Å². The molecule has 1 heterocycles. The van der Waals surface area contributed by atoms with Crippen LogP contribution >= 0.6 is 15.9 Å². The van der Waals surface area contributed by atoms with Gasteiger partial charge in [0.1, 0.15) is 6.20 Å². The monoisotopic (exact) mass is 190 g/mol. The van der Waals surface area contributed by atoms with Crippen molar-refractivity contribution in [1.82, 2.24) is 5.43 Å². The van der Waals surface area contributed by atoms with Gasteiger partial charge in [0.25, 0.3) is 0 Å². The highest BCUT2D eigenvalue weighted by atomic mass is 79.9. The molecular formula is C3HBrN3O2. The summed E-state index contributed by atoms with van der Waals surface area (Å²) in [6, 6.07) is 0. The molecule has 0 saturated heterocycles. The standard InChI is InChI=1S/C3HBrN3O2/c4-3-2(7(8)9)1-5-6-3/h1H. The Bertz CT molecular complexity index is 209. The number of nitrogens with zero attached hydrogens (tertiary/aromatic N) is 3. The third-order valence-corrected chi connectivity index (χ3v) is 1.30. The normalized spacial score (nSPS) is 16.1. The van der Waals surface area contributed by atoms with Gasteiger partial charge in [-0.2, -0.15) is 5.43 Å². The summed E-state index contributed by atoms with van der Waals surface area (Å²) in [6.45, 7) is 0. The van der Waals surface area contributed by atoms with E-state index >= 15 is 0 Å². The topological polar surface area (TPSA) is 69.6 Å². The fourth-order valence-corrected chi connectivity index (χ4v) is 0.700. The summed E-state index contributed by atoms with van der Waals surface area (Å²) in [6.07, 6.45) is 1.09. The summed E-state index contributed by atoms with van der Waals surface area (Å²) in [7, 11) is 0. The first-order valence-corrected chi connectivity index (χ1v) is 2.79. The minimum Gasteiger partial charge on any atom is -0.258 e. The van der Waals surface area contributed by atoms with E-state index in [4.69, 9.17) is 0 Å². The molecule has 1 aliphatic rings. The molecule has 0 atom stereocenters. The lowest BCUT2D eigenvalue weighted by Gasteiger charge is -1.83. The Morgan fingerprint density at radius 3 is 2.67 bits per heavy atom. The zero-order valence-electron chi connectivity index (χ0n) is 4.11. The zero-order valence-corrected chi connectivity index (χ0v) is 5.70. The van der Waals surface area contributed by atoms with Crippen LogP contribution in [0.2, 0.25) is 0 Å². The Morgan fingerprint density at radius 1 is 1.78 bits per heavy atom. The molecule has 1 rings (SSSR count). The Hall–Kier alpha value is -0.910. The largest absolute Gasteiger partial charge is 0.323 e. The van der Waals surface area contributed by atoms with Gasteiger partial charge in [-0.1, -0.05) is 0 Å². The molecule has 9 heavy (non-hydrogen) atoms. The van der Waals surface area contributed by atoms with E-state index in [0.29, 0.717) is 0 Å². The predicted octanol–water partition coefficient (Wildman–Crippen LogP) is 0.431. The average molecular weight is 191 g/mol. The first-order valence-electron chi connectivity index (χ1n) is 2.00. The van der Waals surface area contributed by atoms with Crippen molar-refractivity contribution >= 4 is 20.6 Å². The fourth-order valence-electron chi connectivity index (χ4n) is 0.361. The Morgan fingerprint density at radius 2 is 2.44 bits per heavy atom. The van der Waals surface area contributed by atoms with Crippen molar-refractivity contribution in [3.05, 3.63) is 22.0 Å². The van der Waals surface area contributed by atoms with Gasteiger partial charge in [0.15, 0.2) is 0 Å². The van der Waals surface area contributed by atoms with Crippen LogP contribution in [0.4, 0.5) is 0 Å². The second kappa shape index (κ2) is 2.14. The summed E-state index contributed by atoms with van der Waals surface area (Å²) in [5.41, 5.74) is 3.20. The summed E-state index contributed by atoms with van der Waals surface area (Å²) in [5.74, 6) is 0. The summed E-state index contributed by atoms with van der Waals surface area (Å²) < 4.78 is 0.174. The van der Waals surface area contributed by atoms with Crippen LogP contribution in [0.5, 0.6) is 0 Å². The lowest BCUT2D eigenvalue weighted by Crippen LogP contribution is -2.01. The molecule has 0 aromatic rings. The van der Waals surface area contributed by atoms with Crippen molar-refractivity contribution in [2.24, 2.45) is 5.10 Å². The van der Waals surface area contributed by atoms with Gasteiger partial charge in [-0.05, 0) is 15.9 Å². The summed E-state index contributed by atoms with van der Waals surface area (Å²) in [4.78, 5) is 9.43. The molecule has 0 saturated carbocycles. The van der Waals surface area contributed by atoms with Crippen LogP contribution in [-0.2, 0) is 0 Å². The van der Waals surface area contributed by atoms with Crippen LogP contribution in [0.25, 0.3) is 0 Å². The van der Waals surface area contributed by atoms with Crippen LogP contribution in [0.1, 0.15) is 0 Å². The number of rotatable bonds is 1. The molecule has 0 aromatic carbocycles. The quantitative estimate of drug-likeness (QED) is 0.445. The molecule has 5 nitrogen and oxygen atoms in total. The van der Waals surface area contributed by atoms with Crippen molar-refractivity contribution < 1.29 is 4.92 Å². The third-order valence-electron chi connectivity index (χ3n) is 0.734. The lowest BCUT2D eigenvalue weighted by atomic mass is 10.5. The molecule has 0 aliphatic carbocycles. The predicted molar refractivity (Wildman–Crippen MR) is 33.6 cm³/mol. The van der Waals surface area contributed by atoms with E-state index < -0.39 is 4.92 Å². The molecule has 0 bridgehead atoms. The molecule has 0 aromatic heterocycles. The van der Waals surface area contributed by atoms with E-state index in [-0.39, 0.29) is 10.3 Å². The van der Waals surface area contributed by atoms with Crippen molar-refractivity contribution in [3.8, 4) is 0 Å². The average Bonchev–Trinajstić information content (AvgIpc) is 2.13. The summed E-state index contributed by atoms with van der Waals surface area (Å²) >= 11 is 2.85. The van der Waals surface area contributed by atoms with E-state index in [1.807, 2.05) is 0 Å². The number of allylic oxidation sites excluding steroid dienone is 1. The molecule has 1 aliphatic heterocycles. The third kappa shape index (κ3) is 1.07. The second-order valence-electron chi connectivity index (χ2n) is 1.28. The fraction of sp³-hybridized carbons (Fsp3) is 0. The van der Waals surface area contributed by atoms with Crippen molar-refractivity contribution in [3.63, 3.8) is 0 Å². The first kappa shape index (κ1) is 6.21. The molecule has 47 valence electrons. The van der Waals surface area contributed by atoms with Gasteiger partial charge in [0, 0.05) is 0 Å². The van der Waals surface area contributed by atoms with Crippen LogP contribution in [0.15, 0.2) is 17.0 Å². The zero-order chi connectivity index (χ0) is 6.85. The molecule has 1 radical (unpaired) electrons. The van der Waals surface area contributed by atoms with Crippen molar-refractivity contribution in [2.75, 3.05) is 0 Å². The van der Waals surface area contributed by atoms with Gasteiger partial charge >= 0.3 is 5.70 Å². The van der Waals surface area contributed by atoms with E-state index in [9.17, 15) is 10.1 Å². The second-order valence-corrected chi connectivity index (χ2v) is 2.03. The minimum atomic E-state index is -0.552. The smallest absolute Gasteiger partial charge is 0.258 e. The number of hydrogen-bond donors (Lipinski definition) is 0. The highest BCUT2D eigenvalue weighted by Gasteiger charge is 2.21.